The monoisotopic (exact) mass is 1130 g/mol. The molecule has 0 aromatic carbocycles. The second kappa shape index (κ2) is 68.8. The number of rotatable bonds is 63. The highest BCUT2D eigenvalue weighted by molar-refractivity contribution is 5.72. The maximum absolute atomic E-state index is 12.9. The highest BCUT2D eigenvalue weighted by Crippen LogP contribution is 2.18. The first-order valence-electron chi connectivity index (χ1n) is 34.7. The predicted molar refractivity (Wildman–Crippen MR) is 353 cm³/mol. The lowest BCUT2D eigenvalue weighted by molar-refractivity contribution is -0.166. The Labute approximate surface area is 502 Å². The summed E-state index contributed by atoms with van der Waals surface area (Å²) in [7, 11) is 0. The SMILES string of the molecule is CC/C=C\C/C=C\C/C=C\C/C=C\C/C=C\CC(=O)OCC(COC(=O)CCCCCCCCCCCCCCCCCCCCCCCCCCCCC)OC(=O)CCCCCCCC/C=C\C/C=C\C/C=C\CCCCCCC. The van der Waals surface area contributed by atoms with E-state index in [1.54, 1.807) is 6.08 Å². The molecule has 81 heavy (non-hydrogen) atoms. The predicted octanol–water partition coefficient (Wildman–Crippen LogP) is 24.0. The Kier molecular flexibility index (Phi) is 65.7. The molecule has 0 fully saturated rings. The van der Waals surface area contributed by atoms with Gasteiger partial charge in [0.25, 0.3) is 0 Å². The molecule has 0 saturated heterocycles. The number of hydrogen-bond donors (Lipinski definition) is 0. The van der Waals surface area contributed by atoms with E-state index in [0.717, 1.165) is 96.3 Å². The first-order chi connectivity index (χ1) is 40.0. The Hall–Kier alpha value is -3.67. The number of esters is 3. The molecule has 0 bridgehead atoms. The summed E-state index contributed by atoms with van der Waals surface area (Å²) in [5.74, 6) is -1.04. The van der Waals surface area contributed by atoms with Crippen LogP contribution in [0.15, 0.2) is 97.2 Å². The van der Waals surface area contributed by atoms with Gasteiger partial charge in [0.2, 0.25) is 0 Å². The van der Waals surface area contributed by atoms with Crippen molar-refractivity contribution in [2.75, 3.05) is 13.2 Å². The average molecular weight is 1130 g/mol. The Balaban J connectivity index is 4.36. The van der Waals surface area contributed by atoms with E-state index in [1.165, 1.54) is 205 Å². The first kappa shape index (κ1) is 77.3. The molecular weight excluding hydrogens is 997 g/mol. The molecule has 466 valence electrons. The van der Waals surface area contributed by atoms with Crippen LogP contribution in [-0.2, 0) is 28.6 Å². The van der Waals surface area contributed by atoms with Gasteiger partial charge < -0.3 is 14.2 Å². The first-order valence-corrected chi connectivity index (χ1v) is 34.7. The van der Waals surface area contributed by atoms with E-state index in [2.05, 4.69) is 106 Å². The standard InChI is InChI=1S/C75H130O6/c1-4-7-10-13-16-19-22-25-28-30-32-34-35-36-37-38-39-41-42-44-47-50-53-56-59-62-65-68-74(77)80-71-72(70-79-73(76)67-64-61-58-55-52-49-46-27-24-21-18-15-12-9-6-3)81-75(78)69-66-63-60-57-54-51-48-45-43-40-33-31-29-26-23-20-17-14-11-8-5-2/h9,12,18,21,23,26-27,31,33,43,45-46,52,55,61,64,72H,4-8,10-11,13-17,19-20,22,24-25,28-30,32,34-42,44,47-51,53-54,56-60,62-63,65-71H2,1-3H3/b12-9-,21-18-,26-23-,33-31-,45-43-,46-27-,55-52-,64-61-. The summed E-state index contributed by atoms with van der Waals surface area (Å²) >= 11 is 0. The fraction of sp³-hybridized carbons (Fsp3) is 0.747. The minimum atomic E-state index is -0.826. The van der Waals surface area contributed by atoms with Crippen molar-refractivity contribution in [1.82, 2.24) is 0 Å². The Morgan fingerprint density at radius 1 is 0.272 bits per heavy atom. The van der Waals surface area contributed by atoms with Crippen molar-refractivity contribution < 1.29 is 28.6 Å². The quantitative estimate of drug-likeness (QED) is 0.0261. The minimum absolute atomic E-state index is 0.111. The smallest absolute Gasteiger partial charge is 0.309 e. The van der Waals surface area contributed by atoms with Crippen molar-refractivity contribution in [2.45, 2.75) is 348 Å². The summed E-state index contributed by atoms with van der Waals surface area (Å²) in [5, 5.41) is 0. The van der Waals surface area contributed by atoms with Gasteiger partial charge in [-0.25, -0.2) is 0 Å². The van der Waals surface area contributed by atoms with Crippen molar-refractivity contribution in [1.29, 1.82) is 0 Å². The van der Waals surface area contributed by atoms with E-state index in [0.29, 0.717) is 12.8 Å². The molecule has 0 N–H and O–H groups in total. The van der Waals surface area contributed by atoms with Crippen molar-refractivity contribution in [3.63, 3.8) is 0 Å². The second-order valence-electron chi connectivity index (χ2n) is 23.1. The Morgan fingerprint density at radius 2 is 0.531 bits per heavy atom. The molecular formula is C75H130O6. The van der Waals surface area contributed by atoms with Crippen LogP contribution in [0.5, 0.6) is 0 Å². The molecule has 0 amide bonds. The van der Waals surface area contributed by atoms with Gasteiger partial charge in [-0.2, -0.15) is 0 Å². The summed E-state index contributed by atoms with van der Waals surface area (Å²) in [6.45, 7) is 6.46. The van der Waals surface area contributed by atoms with Crippen LogP contribution >= 0.6 is 0 Å². The molecule has 6 nitrogen and oxygen atoms in total. The molecule has 0 aromatic rings. The lowest BCUT2D eigenvalue weighted by atomic mass is 10.0. The lowest BCUT2D eigenvalue weighted by Crippen LogP contribution is -2.30. The van der Waals surface area contributed by atoms with E-state index in [-0.39, 0.29) is 31.6 Å². The maximum atomic E-state index is 12.9. The van der Waals surface area contributed by atoms with Gasteiger partial charge in [-0.15, -0.1) is 0 Å². The topological polar surface area (TPSA) is 78.9 Å². The zero-order chi connectivity index (χ0) is 58.5. The maximum Gasteiger partial charge on any atom is 0.309 e. The minimum Gasteiger partial charge on any atom is -0.462 e. The molecule has 0 heterocycles. The van der Waals surface area contributed by atoms with Gasteiger partial charge in [0, 0.05) is 12.8 Å². The summed E-state index contributed by atoms with van der Waals surface area (Å²) in [6, 6.07) is 0. The molecule has 0 rings (SSSR count). The van der Waals surface area contributed by atoms with Crippen LogP contribution in [0, 0.1) is 0 Å². The number of carbonyl (C=O) groups is 3. The third kappa shape index (κ3) is 67.0. The third-order valence-electron chi connectivity index (χ3n) is 15.1. The van der Waals surface area contributed by atoms with Gasteiger partial charge in [-0.1, -0.05) is 336 Å². The average Bonchev–Trinajstić information content (AvgIpc) is 3.47. The van der Waals surface area contributed by atoms with Crippen LogP contribution in [0.3, 0.4) is 0 Å². The van der Waals surface area contributed by atoms with Crippen LogP contribution < -0.4 is 0 Å². The fourth-order valence-corrected chi connectivity index (χ4v) is 9.94. The molecule has 0 aliphatic rings. The highest BCUT2D eigenvalue weighted by Gasteiger charge is 2.19. The molecule has 0 saturated carbocycles. The molecule has 0 aliphatic carbocycles. The summed E-state index contributed by atoms with van der Waals surface area (Å²) in [5.41, 5.74) is 0. The molecule has 0 radical (unpaired) electrons. The van der Waals surface area contributed by atoms with Gasteiger partial charge in [-0.3, -0.25) is 14.4 Å². The van der Waals surface area contributed by atoms with E-state index < -0.39 is 12.1 Å². The number of allylic oxidation sites excluding steroid dienone is 15. The summed E-state index contributed by atoms with van der Waals surface area (Å²) in [4.78, 5) is 38.3. The molecule has 0 aromatic heterocycles. The molecule has 0 spiro atoms. The van der Waals surface area contributed by atoms with Crippen molar-refractivity contribution in [3.05, 3.63) is 97.2 Å². The number of unbranched alkanes of at least 4 members (excludes halogenated alkanes) is 37. The van der Waals surface area contributed by atoms with E-state index in [9.17, 15) is 14.4 Å². The fourth-order valence-electron chi connectivity index (χ4n) is 9.94. The van der Waals surface area contributed by atoms with Gasteiger partial charge in [0.15, 0.2) is 6.10 Å². The van der Waals surface area contributed by atoms with Gasteiger partial charge >= 0.3 is 17.9 Å². The number of ether oxygens (including phenoxy) is 3. The van der Waals surface area contributed by atoms with Crippen molar-refractivity contribution >= 4 is 17.9 Å². The van der Waals surface area contributed by atoms with Crippen molar-refractivity contribution in [3.8, 4) is 0 Å². The Bertz CT molecular complexity index is 1580. The van der Waals surface area contributed by atoms with Crippen LogP contribution in [-0.4, -0.2) is 37.2 Å². The van der Waals surface area contributed by atoms with Crippen LogP contribution in [0.2, 0.25) is 0 Å². The second-order valence-corrected chi connectivity index (χ2v) is 23.1. The lowest BCUT2D eigenvalue weighted by Gasteiger charge is -2.18. The van der Waals surface area contributed by atoms with Crippen LogP contribution in [0.25, 0.3) is 0 Å². The summed E-state index contributed by atoms with van der Waals surface area (Å²) < 4.78 is 16.8. The van der Waals surface area contributed by atoms with Gasteiger partial charge in [-0.05, 0) is 83.5 Å². The number of carbonyl (C=O) groups excluding carboxylic acids is 3. The molecule has 1 atom stereocenters. The van der Waals surface area contributed by atoms with Crippen LogP contribution in [0.4, 0.5) is 0 Å². The summed E-state index contributed by atoms with van der Waals surface area (Å²) in [6.07, 6.45) is 93.2. The van der Waals surface area contributed by atoms with E-state index in [1.807, 2.05) is 6.08 Å². The van der Waals surface area contributed by atoms with Crippen molar-refractivity contribution in [2.24, 2.45) is 0 Å². The highest BCUT2D eigenvalue weighted by atomic mass is 16.6. The normalized spacial score (nSPS) is 12.7. The van der Waals surface area contributed by atoms with Gasteiger partial charge in [0.1, 0.15) is 13.2 Å². The zero-order valence-corrected chi connectivity index (χ0v) is 53.5. The van der Waals surface area contributed by atoms with E-state index >= 15 is 0 Å². The molecule has 1 unspecified atom stereocenters. The largest absolute Gasteiger partial charge is 0.462 e. The van der Waals surface area contributed by atoms with E-state index in [4.69, 9.17) is 14.2 Å². The van der Waals surface area contributed by atoms with Gasteiger partial charge in [0.05, 0.1) is 6.42 Å². The third-order valence-corrected chi connectivity index (χ3v) is 15.1. The molecule has 6 heteroatoms. The molecule has 0 aliphatic heterocycles. The Morgan fingerprint density at radius 3 is 0.864 bits per heavy atom. The number of hydrogen-bond acceptors (Lipinski definition) is 6. The van der Waals surface area contributed by atoms with Crippen LogP contribution in [0.1, 0.15) is 342 Å². The zero-order valence-electron chi connectivity index (χ0n) is 53.5.